The molecule has 1 unspecified atom stereocenters. The number of hydrogen-bond acceptors (Lipinski definition) is 2. The van der Waals surface area contributed by atoms with E-state index in [-0.39, 0.29) is 0 Å². The van der Waals surface area contributed by atoms with Crippen molar-refractivity contribution in [1.82, 2.24) is 0 Å². The fourth-order valence-electron chi connectivity index (χ4n) is 1.56. The molecule has 1 atom stereocenters. The summed E-state index contributed by atoms with van der Waals surface area (Å²) in [5, 5.41) is 0. The Hall–Kier alpha value is -0.450. The number of fused-ring (bicyclic) bond motifs is 1. The summed E-state index contributed by atoms with van der Waals surface area (Å²) in [5.41, 5.74) is 1.22. The monoisotopic (exact) mass is 289 g/mol. The molecule has 70 valence electrons. The first kappa shape index (κ1) is 9.12. The predicted octanol–water partition coefficient (Wildman–Crippen LogP) is 2.67. The molecule has 1 aliphatic rings. The van der Waals surface area contributed by atoms with E-state index in [0.29, 0.717) is 4.05 Å². The van der Waals surface area contributed by atoms with Gasteiger partial charge in [-0.2, -0.15) is 0 Å². The van der Waals surface area contributed by atoms with Gasteiger partial charge in [-0.1, -0.05) is 34.7 Å². The molecular formula is C10H12INO. The molecule has 3 heteroatoms. The average molecular weight is 289 g/mol. The number of halogens is 1. The van der Waals surface area contributed by atoms with Crippen molar-refractivity contribution >= 4 is 28.3 Å². The molecule has 0 N–H and O–H groups in total. The minimum absolute atomic E-state index is 0.516. The standard InChI is InChI=1S/C10H12INO/c1-8(11)12-6-7-13-10-5-3-2-4-9(10)12/h2-5,8H,6-7H2,1H3. The smallest absolute Gasteiger partial charge is 0.142 e. The molecule has 0 aromatic heterocycles. The maximum Gasteiger partial charge on any atom is 0.142 e. The van der Waals surface area contributed by atoms with E-state index >= 15 is 0 Å². The Morgan fingerprint density at radius 1 is 1.46 bits per heavy atom. The predicted molar refractivity (Wildman–Crippen MR) is 62.8 cm³/mol. The lowest BCUT2D eigenvalue weighted by Gasteiger charge is -2.33. The molecule has 0 saturated heterocycles. The van der Waals surface area contributed by atoms with Crippen LogP contribution in [-0.2, 0) is 0 Å². The summed E-state index contributed by atoms with van der Waals surface area (Å²) in [6, 6.07) is 8.21. The molecule has 0 saturated carbocycles. The molecule has 0 radical (unpaired) electrons. The third kappa shape index (κ3) is 1.75. The van der Waals surface area contributed by atoms with Crippen LogP contribution in [0.5, 0.6) is 5.75 Å². The minimum Gasteiger partial charge on any atom is -0.490 e. The van der Waals surface area contributed by atoms with Crippen molar-refractivity contribution in [2.45, 2.75) is 11.0 Å². The molecule has 0 aliphatic carbocycles. The highest BCUT2D eigenvalue weighted by molar-refractivity contribution is 14.1. The normalized spacial score (nSPS) is 17.5. The van der Waals surface area contributed by atoms with Gasteiger partial charge in [0, 0.05) is 0 Å². The zero-order chi connectivity index (χ0) is 9.26. The van der Waals surface area contributed by atoms with Crippen LogP contribution in [0.1, 0.15) is 6.92 Å². The fourth-order valence-corrected chi connectivity index (χ4v) is 2.14. The van der Waals surface area contributed by atoms with Gasteiger partial charge in [0.05, 0.1) is 16.3 Å². The van der Waals surface area contributed by atoms with Gasteiger partial charge in [-0.3, -0.25) is 0 Å². The minimum atomic E-state index is 0.516. The summed E-state index contributed by atoms with van der Waals surface area (Å²) in [7, 11) is 0. The van der Waals surface area contributed by atoms with Crippen LogP contribution < -0.4 is 9.64 Å². The lowest BCUT2D eigenvalue weighted by Crippen LogP contribution is -2.36. The Kier molecular flexibility index (Phi) is 2.62. The highest BCUT2D eigenvalue weighted by Crippen LogP contribution is 2.33. The van der Waals surface area contributed by atoms with Crippen molar-refractivity contribution in [3.8, 4) is 5.75 Å². The van der Waals surface area contributed by atoms with Crippen LogP contribution >= 0.6 is 22.6 Å². The van der Waals surface area contributed by atoms with Crippen LogP contribution in [0.3, 0.4) is 0 Å². The van der Waals surface area contributed by atoms with E-state index in [9.17, 15) is 0 Å². The molecule has 0 fully saturated rings. The molecule has 0 bridgehead atoms. The van der Waals surface area contributed by atoms with Crippen LogP contribution in [0, 0.1) is 0 Å². The Morgan fingerprint density at radius 2 is 2.23 bits per heavy atom. The first-order chi connectivity index (χ1) is 6.29. The van der Waals surface area contributed by atoms with Crippen molar-refractivity contribution in [2.24, 2.45) is 0 Å². The van der Waals surface area contributed by atoms with Crippen molar-refractivity contribution in [2.75, 3.05) is 18.1 Å². The number of rotatable bonds is 1. The molecule has 1 aromatic rings. The first-order valence-corrected chi connectivity index (χ1v) is 5.66. The average Bonchev–Trinajstić information content (AvgIpc) is 2.17. The maximum atomic E-state index is 5.56. The van der Waals surface area contributed by atoms with Gasteiger partial charge in [-0.15, -0.1) is 0 Å². The molecule has 2 rings (SSSR count). The number of ether oxygens (including phenoxy) is 1. The summed E-state index contributed by atoms with van der Waals surface area (Å²) in [5.74, 6) is 1.01. The molecule has 1 heterocycles. The van der Waals surface area contributed by atoms with Gasteiger partial charge in [0.1, 0.15) is 12.4 Å². The number of nitrogens with zero attached hydrogens (tertiary/aromatic N) is 1. The third-order valence-corrected chi connectivity index (χ3v) is 2.87. The number of anilines is 1. The second-order valence-corrected chi connectivity index (χ2v) is 4.89. The topological polar surface area (TPSA) is 12.5 Å². The molecule has 0 spiro atoms. The zero-order valence-electron chi connectivity index (χ0n) is 7.53. The number of hydrogen-bond donors (Lipinski definition) is 0. The van der Waals surface area contributed by atoms with Gasteiger partial charge < -0.3 is 9.64 Å². The number of benzene rings is 1. The molecular weight excluding hydrogens is 277 g/mol. The number of para-hydroxylation sites is 2. The Balaban J connectivity index is 2.37. The second kappa shape index (κ2) is 3.74. The van der Waals surface area contributed by atoms with Gasteiger partial charge in [0.2, 0.25) is 0 Å². The second-order valence-electron chi connectivity index (χ2n) is 3.08. The Bertz CT molecular complexity index is 301. The number of alkyl halides is 1. The molecule has 1 aliphatic heterocycles. The maximum absolute atomic E-state index is 5.56. The summed E-state index contributed by atoms with van der Waals surface area (Å²) < 4.78 is 6.08. The van der Waals surface area contributed by atoms with Crippen molar-refractivity contribution in [3.63, 3.8) is 0 Å². The van der Waals surface area contributed by atoms with Crippen LogP contribution in [0.4, 0.5) is 5.69 Å². The fraction of sp³-hybridized carbons (Fsp3) is 0.400. The van der Waals surface area contributed by atoms with Gasteiger partial charge >= 0.3 is 0 Å². The van der Waals surface area contributed by atoms with E-state index in [2.05, 4.69) is 46.5 Å². The van der Waals surface area contributed by atoms with Gasteiger partial charge in [0.25, 0.3) is 0 Å². The third-order valence-electron chi connectivity index (χ3n) is 2.19. The van der Waals surface area contributed by atoms with E-state index in [1.165, 1.54) is 5.69 Å². The highest BCUT2D eigenvalue weighted by atomic mass is 127. The molecule has 2 nitrogen and oxygen atoms in total. The zero-order valence-corrected chi connectivity index (χ0v) is 9.69. The van der Waals surface area contributed by atoms with Crippen LogP contribution in [0.2, 0.25) is 0 Å². The van der Waals surface area contributed by atoms with Gasteiger partial charge in [-0.25, -0.2) is 0 Å². The quantitative estimate of drug-likeness (QED) is 0.448. The SMILES string of the molecule is CC(I)N1CCOc2ccccc21. The van der Waals surface area contributed by atoms with E-state index in [0.717, 1.165) is 18.9 Å². The summed E-state index contributed by atoms with van der Waals surface area (Å²) in [6.45, 7) is 3.98. The van der Waals surface area contributed by atoms with Crippen molar-refractivity contribution in [3.05, 3.63) is 24.3 Å². The van der Waals surface area contributed by atoms with Crippen molar-refractivity contribution < 1.29 is 4.74 Å². The van der Waals surface area contributed by atoms with Gasteiger partial charge in [-0.05, 0) is 19.1 Å². The lowest BCUT2D eigenvalue weighted by molar-refractivity contribution is 0.307. The van der Waals surface area contributed by atoms with Crippen LogP contribution in [-0.4, -0.2) is 17.2 Å². The Morgan fingerprint density at radius 3 is 3.00 bits per heavy atom. The van der Waals surface area contributed by atoms with E-state index in [4.69, 9.17) is 4.74 Å². The van der Waals surface area contributed by atoms with E-state index in [1.807, 2.05) is 12.1 Å². The van der Waals surface area contributed by atoms with Crippen molar-refractivity contribution in [1.29, 1.82) is 0 Å². The largest absolute Gasteiger partial charge is 0.490 e. The summed E-state index contributed by atoms with van der Waals surface area (Å²) >= 11 is 2.43. The highest BCUT2D eigenvalue weighted by Gasteiger charge is 2.19. The summed E-state index contributed by atoms with van der Waals surface area (Å²) in [4.78, 5) is 2.36. The van der Waals surface area contributed by atoms with Gasteiger partial charge in [0.15, 0.2) is 0 Å². The molecule has 1 aromatic carbocycles. The van der Waals surface area contributed by atoms with Crippen LogP contribution in [0.15, 0.2) is 24.3 Å². The lowest BCUT2D eigenvalue weighted by atomic mass is 10.2. The van der Waals surface area contributed by atoms with Crippen LogP contribution in [0.25, 0.3) is 0 Å². The Labute approximate surface area is 92.0 Å². The van der Waals surface area contributed by atoms with E-state index < -0.39 is 0 Å². The first-order valence-electron chi connectivity index (χ1n) is 4.41. The molecule has 0 amide bonds. The molecule has 13 heavy (non-hydrogen) atoms. The van der Waals surface area contributed by atoms with E-state index in [1.54, 1.807) is 0 Å². The summed E-state index contributed by atoms with van der Waals surface area (Å²) in [6.07, 6.45) is 0.